The summed E-state index contributed by atoms with van der Waals surface area (Å²) in [4.78, 5) is 0. The quantitative estimate of drug-likeness (QED) is 0.716. The number of benzene rings is 1. The van der Waals surface area contributed by atoms with Gasteiger partial charge in [-0.2, -0.15) is 0 Å². The van der Waals surface area contributed by atoms with Crippen molar-refractivity contribution < 1.29 is 0 Å². The van der Waals surface area contributed by atoms with Crippen molar-refractivity contribution in [2.75, 3.05) is 0 Å². The molecule has 0 fully saturated rings. The topological polar surface area (TPSA) is 4.93 Å². The summed E-state index contributed by atoms with van der Waals surface area (Å²) in [6.07, 6.45) is 11.2. The molecule has 0 amide bonds. The first-order chi connectivity index (χ1) is 8.85. The molecule has 1 nitrogen and oxygen atoms in total. The van der Waals surface area contributed by atoms with Crippen LogP contribution in [-0.2, 0) is 13.0 Å². The van der Waals surface area contributed by atoms with Gasteiger partial charge in [0.25, 0.3) is 0 Å². The van der Waals surface area contributed by atoms with Crippen LogP contribution in [0.3, 0.4) is 0 Å². The van der Waals surface area contributed by atoms with Crippen molar-refractivity contribution in [3.05, 3.63) is 47.2 Å². The van der Waals surface area contributed by atoms with E-state index in [1.165, 1.54) is 40.6 Å². The monoisotopic (exact) mass is 237 g/mol. The fourth-order valence-electron chi connectivity index (χ4n) is 2.99. The summed E-state index contributed by atoms with van der Waals surface area (Å²) < 4.78 is 2.47. The molecule has 1 heteroatoms. The zero-order chi connectivity index (χ0) is 12.5. The van der Waals surface area contributed by atoms with Crippen LogP contribution in [0.5, 0.6) is 0 Å². The van der Waals surface area contributed by atoms with Gasteiger partial charge in [-0.1, -0.05) is 30.4 Å². The van der Waals surface area contributed by atoms with Crippen molar-refractivity contribution in [2.45, 2.75) is 33.2 Å². The van der Waals surface area contributed by atoms with E-state index >= 15 is 0 Å². The molecule has 1 aromatic heterocycles. The third kappa shape index (κ3) is 1.62. The minimum Gasteiger partial charge on any atom is -0.344 e. The third-order valence-corrected chi connectivity index (χ3v) is 3.75. The van der Waals surface area contributed by atoms with Crippen LogP contribution in [0, 0.1) is 0 Å². The maximum absolute atomic E-state index is 2.47. The van der Waals surface area contributed by atoms with Crippen LogP contribution < -0.4 is 0 Å². The van der Waals surface area contributed by atoms with E-state index in [0.29, 0.717) is 0 Å². The third-order valence-electron chi connectivity index (χ3n) is 3.75. The second-order valence-electron chi connectivity index (χ2n) is 4.82. The van der Waals surface area contributed by atoms with Gasteiger partial charge >= 0.3 is 0 Å². The van der Waals surface area contributed by atoms with E-state index in [2.05, 4.69) is 60.9 Å². The van der Waals surface area contributed by atoms with Crippen molar-refractivity contribution >= 4 is 23.1 Å². The van der Waals surface area contributed by atoms with E-state index in [1.54, 1.807) is 0 Å². The average molecular weight is 237 g/mol. The zero-order valence-corrected chi connectivity index (χ0v) is 11.1. The molecular weight excluding hydrogens is 218 g/mol. The summed E-state index contributed by atoms with van der Waals surface area (Å²) in [6.45, 7) is 5.36. The van der Waals surface area contributed by atoms with Gasteiger partial charge in [0.1, 0.15) is 0 Å². The molecule has 0 saturated heterocycles. The van der Waals surface area contributed by atoms with E-state index in [4.69, 9.17) is 0 Å². The molecule has 0 spiro atoms. The van der Waals surface area contributed by atoms with Crippen LogP contribution in [-0.4, -0.2) is 4.57 Å². The van der Waals surface area contributed by atoms with Gasteiger partial charge in [0.2, 0.25) is 0 Å². The molecule has 1 aliphatic carbocycles. The van der Waals surface area contributed by atoms with Crippen LogP contribution in [0.2, 0.25) is 0 Å². The van der Waals surface area contributed by atoms with Gasteiger partial charge in [-0.25, -0.2) is 0 Å². The molecule has 92 valence electrons. The summed E-state index contributed by atoms with van der Waals surface area (Å²) in [5.74, 6) is 0. The van der Waals surface area contributed by atoms with Gasteiger partial charge in [0.15, 0.2) is 0 Å². The van der Waals surface area contributed by atoms with Gasteiger partial charge < -0.3 is 4.57 Å². The Morgan fingerprint density at radius 1 is 1.33 bits per heavy atom. The Kier molecular flexibility index (Phi) is 2.83. The zero-order valence-electron chi connectivity index (χ0n) is 11.1. The number of rotatable bonds is 2. The Hall–Kier alpha value is -1.76. The van der Waals surface area contributed by atoms with Crippen LogP contribution in [0.4, 0.5) is 0 Å². The summed E-state index contributed by atoms with van der Waals surface area (Å²) >= 11 is 0. The molecule has 0 saturated carbocycles. The van der Waals surface area contributed by atoms with Gasteiger partial charge in [0, 0.05) is 28.7 Å². The summed E-state index contributed by atoms with van der Waals surface area (Å²) in [5, 5.41) is 1.40. The van der Waals surface area contributed by atoms with Crippen molar-refractivity contribution in [1.29, 1.82) is 0 Å². The fraction of sp³-hybridized carbons (Fsp3) is 0.294. The van der Waals surface area contributed by atoms with E-state index in [1.807, 2.05) is 0 Å². The summed E-state index contributed by atoms with van der Waals surface area (Å²) in [6, 6.07) is 6.79. The lowest BCUT2D eigenvalue weighted by Crippen LogP contribution is -2.02. The summed E-state index contributed by atoms with van der Waals surface area (Å²) in [7, 11) is 0. The largest absolute Gasteiger partial charge is 0.344 e. The maximum atomic E-state index is 2.47. The summed E-state index contributed by atoms with van der Waals surface area (Å²) in [5.41, 5.74) is 5.61. The van der Waals surface area contributed by atoms with Crippen LogP contribution in [0.25, 0.3) is 23.1 Å². The lowest BCUT2D eigenvalue weighted by molar-refractivity contribution is 0.729. The van der Waals surface area contributed by atoms with E-state index in [9.17, 15) is 0 Å². The number of hydrogen-bond acceptors (Lipinski definition) is 0. The molecule has 0 unspecified atom stereocenters. The highest BCUT2D eigenvalue weighted by molar-refractivity contribution is 5.93. The highest BCUT2D eigenvalue weighted by Crippen LogP contribution is 2.32. The maximum Gasteiger partial charge on any atom is 0.0489 e. The van der Waals surface area contributed by atoms with E-state index in [-0.39, 0.29) is 0 Å². The lowest BCUT2D eigenvalue weighted by Gasteiger charge is -2.10. The Labute approximate surface area is 108 Å². The van der Waals surface area contributed by atoms with Crippen molar-refractivity contribution in [2.24, 2.45) is 0 Å². The van der Waals surface area contributed by atoms with Gasteiger partial charge in [-0.3, -0.25) is 0 Å². The number of nitrogens with zero attached hydrogens (tertiary/aromatic N) is 1. The molecule has 0 N–H and O–H groups in total. The molecule has 0 radical (unpaired) electrons. The Morgan fingerprint density at radius 2 is 2.22 bits per heavy atom. The molecule has 1 heterocycles. The van der Waals surface area contributed by atoms with Gasteiger partial charge in [0.05, 0.1) is 0 Å². The number of aromatic nitrogens is 1. The number of aryl methyl sites for hydroxylation is 1. The van der Waals surface area contributed by atoms with E-state index in [0.717, 1.165) is 6.54 Å². The number of fused-ring (bicyclic) bond motifs is 3. The first-order valence-electron chi connectivity index (χ1n) is 6.79. The van der Waals surface area contributed by atoms with Gasteiger partial charge in [-0.15, -0.1) is 0 Å². The molecular formula is C17H19N. The minimum absolute atomic E-state index is 1.06. The highest BCUT2D eigenvalue weighted by atomic mass is 15.0. The molecule has 2 aromatic rings. The smallest absolute Gasteiger partial charge is 0.0489 e. The van der Waals surface area contributed by atoms with Crippen molar-refractivity contribution in [1.82, 2.24) is 4.57 Å². The Morgan fingerprint density at radius 3 is 3.00 bits per heavy atom. The van der Waals surface area contributed by atoms with Crippen LogP contribution in [0.1, 0.15) is 37.1 Å². The minimum atomic E-state index is 1.06. The molecule has 3 rings (SSSR count). The predicted octanol–water partition coefficient (Wildman–Crippen LogP) is 4.65. The van der Waals surface area contributed by atoms with Crippen LogP contribution in [0.15, 0.2) is 30.4 Å². The van der Waals surface area contributed by atoms with Gasteiger partial charge in [-0.05, 0) is 44.4 Å². The second-order valence-corrected chi connectivity index (χ2v) is 4.82. The lowest BCUT2D eigenvalue weighted by atomic mass is 10.0. The standard InChI is InChI=1S/C17H19N/c1-3-7-13-10-11-17-15(12-13)14-8-5-6-9-16(14)18(17)4-2/h3,5,7-8,10-12H,4,6,9H2,1-2H3/b7-3+. The van der Waals surface area contributed by atoms with E-state index < -0.39 is 0 Å². The molecule has 1 aromatic carbocycles. The molecule has 0 bridgehead atoms. The Bertz CT molecular complexity index is 641. The van der Waals surface area contributed by atoms with Crippen LogP contribution >= 0.6 is 0 Å². The first kappa shape index (κ1) is 11.3. The highest BCUT2D eigenvalue weighted by Gasteiger charge is 2.16. The first-order valence-corrected chi connectivity index (χ1v) is 6.79. The van der Waals surface area contributed by atoms with Crippen molar-refractivity contribution in [3.63, 3.8) is 0 Å². The average Bonchev–Trinajstić information content (AvgIpc) is 2.72. The SMILES string of the molecule is C/C=C/c1ccc2c(c1)c1c(n2CC)CCC=C1. The molecule has 18 heavy (non-hydrogen) atoms. The second kappa shape index (κ2) is 4.49. The van der Waals surface area contributed by atoms with Crippen molar-refractivity contribution in [3.8, 4) is 0 Å². The molecule has 0 atom stereocenters. The normalized spacial score (nSPS) is 14.6. The molecule has 1 aliphatic rings. The number of hydrogen-bond donors (Lipinski definition) is 0. The Balaban J connectivity index is 2.32. The fourth-order valence-corrected chi connectivity index (χ4v) is 2.99. The number of allylic oxidation sites excluding steroid dienone is 2. The predicted molar refractivity (Wildman–Crippen MR) is 79.7 cm³/mol. The molecule has 0 aliphatic heterocycles.